The Morgan fingerprint density at radius 2 is 2.22 bits per heavy atom. The van der Waals surface area contributed by atoms with Crippen LogP contribution in [-0.2, 0) is 6.61 Å². The molecule has 0 aliphatic carbocycles. The lowest BCUT2D eigenvalue weighted by Gasteiger charge is -2.30. The maximum absolute atomic E-state index is 5.81. The van der Waals surface area contributed by atoms with E-state index in [1.165, 1.54) is 0 Å². The SMILES string of the molecule is Cc1ccc(OCc2cccc(-c3nc(C4CNCCN4C)no3)c2)cn1. The van der Waals surface area contributed by atoms with Crippen LogP contribution >= 0.6 is 0 Å². The third kappa shape index (κ3) is 4.15. The summed E-state index contributed by atoms with van der Waals surface area (Å²) in [6, 6.07) is 12.0. The minimum Gasteiger partial charge on any atom is -0.487 e. The number of ether oxygens (including phenoxy) is 1. The Morgan fingerprint density at radius 1 is 1.30 bits per heavy atom. The molecule has 0 amide bonds. The molecule has 140 valence electrons. The van der Waals surface area contributed by atoms with Crippen molar-refractivity contribution in [3.05, 3.63) is 59.7 Å². The summed E-state index contributed by atoms with van der Waals surface area (Å²) >= 11 is 0. The molecule has 7 heteroatoms. The highest BCUT2D eigenvalue weighted by molar-refractivity contribution is 5.54. The van der Waals surface area contributed by atoms with E-state index in [0.717, 1.165) is 42.2 Å². The Morgan fingerprint density at radius 3 is 3.04 bits per heavy atom. The molecule has 3 heterocycles. The van der Waals surface area contributed by atoms with E-state index < -0.39 is 0 Å². The molecule has 27 heavy (non-hydrogen) atoms. The number of nitrogens with zero attached hydrogens (tertiary/aromatic N) is 4. The third-order valence-electron chi connectivity index (χ3n) is 4.71. The molecule has 1 atom stereocenters. The Bertz CT molecular complexity index is 893. The van der Waals surface area contributed by atoms with Crippen molar-refractivity contribution < 1.29 is 9.26 Å². The van der Waals surface area contributed by atoms with Gasteiger partial charge in [-0.05, 0) is 43.8 Å². The molecule has 1 aliphatic rings. The summed E-state index contributed by atoms with van der Waals surface area (Å²) in [5, 5.41) is 7.56. The first-order valence-electron chi connectivity index (χ1n) is 9.08. The molecule has 1 aliphatic heterocycles. The molecular formula is C20H23N5O2. The Kier molecular flexibility index (Phi) is 5.13. The number of hydrogen-bond donors (Lipinski definition) is 1. The first-order valence-corrected chi connectivity index (χ1v) is 9.08. The summed E-state index contributed by atoms with van der Waals surface area (Å²) in [6.07, 6.45) is 1.73. The monoisotopic (exact) mass is 365 g/mol. The fourth-order valence-electron chi connectivity index (χ4n) is 3.08. The van der Waals surface area contributed by atoms with E-state index in [4.69, 9.17) is 9.26 Å². The molecule has 1 N–H and O–H groups in total. The standard InChI is InChI=1S/C20H23N5O2/c1-14-6-7-17(11-22-14)26-13-15-4-3-5-16(10-15)20-23-19(24-27-20)18-12-21-8-9-25(18)2/h3-7,10-11,18,21H,8-9,12-13H2,1-2H3. The zero-order chi connectivity index (χ0) is 18.6. The van der Waals surface area contributed by atoms with Crippen molar-refractivity contribution in [3.63, 3.8) is 0 Å². The van der Waals surface area contributed by atoms with Gasteiger partial charge in [-0.2, -0.15) is 4.98 Å². The van der Waals surface area contributed by atoms with Gasteiger partial charge in [0.05, 0.1) is 12.2 Å². The molecule has 4 rings (SSSR count). The second-order valence-corrected chi connectivity index (χ2v) is 6.78. The molecule has 7 nitrogen and oxygen atoms in total. The van der Waals surface area contributed by atoms with Crippen LogP contribution in [0.25, 0.3) is 11.5 Å². The van der Waals surface area contributed by atoms with Gasteiger partial charge in [-0.25, -0.2) is 0 Å². The van der Waals surface area contributed by atoms with Crippen LogP contribution in [0.4, 0.5) is 0 Å². The molecule has 3 aromatic rings. The average Bonchev–Trinajstić information content (AvgIpc) is 3.18. The van der Waals surface area contributed by atoms with Crippen LogP contribution in [0.1, 0.15) is 23.1 Å². The number of benzene rings is 1. The Hall–Kier alpha value is -2.77. The van der Waals surface area contributed by atoms with E-state index in [1.807, 2.05) is 43.3 Å². The number of nitrogens with one attached hydrogen (secondary N) is 1. The number of aryl methyl sites for hydroxylation is 1. The zero-order valence-electron chi connectivity index (χ0n) is 15.6. The van der Waals surface area contributed by atoms with Crippen LogP contribution in [0, 0.1) is 6.92 Å². The quantitative estimate of drug-likeness (QED) is 0.745. The van der Waals surface area contributed by atoms with Crippen molar-refractivity contribution in [2.24, 2.45) is 0 Å². The molecule has 0 bridgehead atoms. The highest BCUT2D eigenvalue weighted by Crippen LogP contribution is 2.24. The van der Waals surface area contributed by atoms with Gasteiger partial charge in [0.1, 0.15) is 12.4 Å². The van der Waals surface area contributed by atoms with Gasteiger partial charge >= 0.3 is 0 Å². The number of pyridine rings is 1. The normalized spacial score (nSPS) is 17.8. The number of piperazine rings is 1. The molecule has 0 radical (unpaired) electrons. The summed E-state index contributed by atoms with van der Waals surface area (Å²) in [7, 11) is 2.08. The molecule has 1 fully saturated rings. The van der Waals surface area contributed by atoms with E-state index >= 15 is 0 Å². The highest BCUT2D eigenvalue weighted by atomic mass is 16.5. The molecule has 1 saturated heterocycles. The maximum atomic E-state index is 5.81. The van der Waals surface area contributed by atoms with Gasteiger partial charge in [-0.1, -0.05) is 17.3 Å². The third-order valence-corrected chi connectivity index (χ3v) is 4.71. The number of hydrogen-bond acceptors (Lipinski definition) is 7. The average molecular weight is 365 g/mol. The van der Waals surface area contributed by atoms with Crippen molar-refractivity contribution in [3.8, 4) is 17.2 Å². The molecule has 1 aromatic carbocycles. The number of rotatable bonds is 5. The van der Waals surface area contributed by atoms with E-state index in [2.05, 4.69) is 32.4 Å². The molecule has 0 spiro atoms. The van der Waals surface area contributed by atoms with Gasteiger partial charge in [-0.15, -0.1) is 0 Å². The van der Waals surface area contributed by atoms with Gasteiger partial charge in [0.2, 0.25) is 0 Å². The van der Waals surface area contributed by atoms with Gasteiger partial charge < -0.3 is 14.6 Å². The van der Waals surface area contributed by atoms with E-state index in [0.29, 0.717) is 18.3 Å². The first kappa shape index (κ1) is 17.6. The van der Waals surface area contributed by atoms with E-state index in [1.54, 1.807) is 6.20 Å². The lowest BCUT2D eigenvalue weighted by Crippen LogP contribution is -2.44. The van der Waals surface area contributed by atoms with Crippen LogP contribution in [0.15, 0.2) is 47.1 Å². The summed E-state index contributed by atoms with van der Waals surface area (Å²) in [6.45, 7) is 5.18. The van der Waals surface area contributed by atoms with Gasteiger partial charge in [0.25, 0.3) is 5.89 Å². The zero-order valence-corrected chi connectivity index (χ0v) is 15.6. The first-order chi connectivity index (χ1) is 13.2. The molecule has 1 unspecified atom stereocenters. The van der Waals surface area contributed by atoms with Gasteiger partial charge in [0, 0.05) is 30.9 Å². The van der Waals surface area contributed by atoms with Crippen molar-refractivity contribution in [2.45, 2.75) is 19.6 Å². The minimum atomic E-state index is 0.136. The van der Waals surface area contributed by atoms with Gasteiger partial charge in [0.15, 0.2) is 5.82 Å². The summed E-state index contributed by atoms with van der Waals surface area (Å²) in [5.41, 5.74) is 2.89. The van der Waals surface area contributed by atoms with Crippen LogP contribution < -0.4 is 10.1 Å². The van der Waals surface area contributed by atoms with Crippen LogP contribution in [-0.4, -0.2) is 46.7 Å². The maximum Gasteiger partial charge on any atom is 0.257 e. The van der Waals surface area contributed by atoms with Gasteiger partial charge in [-0.3, -0.25) is 9.88 Å². The Balaban J connectivity index is 1.46. The molecular weight excluding hydrogens is 342 g/mol. The highest BCUT2D eigenvalue weighted by Gasteiger charge is 2.25. The lowest BCUT2D eigenvalue weighted by molar-refractivity contribution is 0.190. The van der Waals surface area contributed by atoms with Crippen LogP contribution in [0.5, 0.6) is 5.75 Å². The predicted molar refractivity (Wildman–Crippen MR) is 101 cm³/mol. The second-order valence-electron chi connectivity index (χ2n) is 6.78. The topological polar surface area (TPSA) is 76.3 Å². The Labute approximate surface area is 158 Å². The lowest BCUT2D eigenvalue weighted by atomic mass is 10.1. The summed E-state index contributed by atoms with van der Waals surface area (Å²) in [5.74, 6) is 1.99. The second kappa shape index (κ2) is 7.85. The summed E-state index contributed by atoms with van der Waals surface area (Å²) < 4.78 is 11.3. The van der Waals surface area contributed by atoms with Crippen molar-refractivity contribution in [1.29, 1.82) is 0 Å². The smallest absolute Gasteiger partial charge is 0.257 e. The fraction of sp³-hybridized carbons (Fsp3) is 0.350. The molecule has 2 aromatic heterocycles. The fourth-order valence-corrected chi connectivity index (χ4v) is 3.08. The largest absolute Gasteiger partial charge is 0.487 e. The predicted octanol–water partition coefficient (Wildman–Crippen LogP) is 2.60. The number of likely N-dealkylation sites (N-methyl/N-ethyl adjacent to an activating group) is 1. The van der Waals surface area contributed by atoms with Crippen molar-refractivity contribution in [2.75, 3.05) is 26.7 Å². The van der Waals surface area contributed by atoms with E-state index in [9.17, 15) is 0 Å². The molecule has 0 saturated carbocycles. The van der Waals surface area contributed by atoms with Crippen molar-refractivity contribution in [1.82, 2.24) is 25.3 Å². The minimum absolute atomic E-state index is 0.136. The number of aromatic nitrogens is 3. The summed E-state index contributed by atoms with van der Waals surface area (Å²) in [4.78, 5) is 11.1. The van der Waals surface area contributed by atoms with Crippen LogP contribution in [0.3, 0.4) is 0 Å². The van der Waals surface area contributed by atoms with Crippen LogP contribution in [0.2, 0.25) is 0 Å². The van der Waals surface area contributed by atoms with E-state index in [-0.39, 0.29) is 6.04 Å². The van der Waals surface area contributed by atoms with Crippen molar-refractivity contribution >= 4 is 0 Å².